The summed E-state index contributed by atoms with van der Waals surface area (Å²) in [7, 11) is 0. The van der Waals surface area contributed by atoms with Crippen LogP contribution in [-0.2, 0) is 6.42 Å². The molecule has 0 saturated heterocycles. The first-order chi connectivity index (χ1) is 9.04. The molecule has 100 valence electrons. The Balaban J connectivity index is 2.16. The van der Waals surface area contributed by atoms with E-state index in [1.54, 1.807) is 0 Å². The first-order valence-electron chi connectivity index (χ1n) is 6.02. The molecule has 1 unspecified atom stereocenters. The molecule has 0 heterocycles. The topological polar surface area (TPSA) is 35.2 Å². The highest BCUT2D eigenvalue weighted by atomic mass is 79.9. The number of rotatable bonds is 4. The molecular weight excluding hydrogens is 326 g/mol. The molecule has 0 aliphatic heterocycles. The van der Waals surface area contributed by atoms with Gasteiger partial charge in [0.2, 0.25) is 0 Å². The van der Waals surface area contributed by atoms with E-state index in [2.05, 4.69) is 15.9 Å². The van der Waals surface area contributed by atoms with Crippen LogP contribution in [0.5, 0.6) is 11.5 Å². The summed E-state index contributed by atoms with van der Waals surface area (Å²) in [5.74, 6) is 1.49. The van der Waals surface area contributed by atoms with Crippen LogP contribution in [0, 0.1) is 0 Å². The van der Waals surface area contributed by atoms with E-state index in [0.29, 0.717) is 5.02 Å². The molecule has 2 aromatic carbocycles. The number of hydrogen-bond acceptors (Lipinski definition) is 2. The summed E-state index contributed by atoms with van der Waals surface area (Å²) in [4.78, 5) is 0. The largest absolute Gasteiger partial charge is 0.457 e. The van der Waals surface area contributed by atoms with Crippen molar-refractivity contribution in [1.82, 2.24) is 0 Å². The Kier molecular flexibility index (Phi) is 4.86. The molecule has 0 amide bonds. The fourth-order valence-corrected chi connectivity index (χ4v) is 2.40. The van der Waals surface area contributed by atoms with E-state index in [0.717, 1.165) is 28.0 Å². The zero-order valence-electron chi connectivity index (χ0n) is 10.6. The highest BCUT2D eigenvalue weighted by molar-refractivity contribution is 9.10. The molecule has 0 aliphatic rings. The summed E-state index contributed by atoms with van der Waals surface area (Å²) < 4.78 is 6.73. The third kappa shape index (κ3) is 4.23. The van der Waals surface area contributed by atoms with Gasteiger partial charge in [-0.1, -0.05) is 39.7 Å². The number of nitrogens with two attached hydrogens (primary N) is 1. The van der Waals surface area contributed by atoms with Crippen molar-refractivity contribution < 1.29 is 4.74 Å². The van der Waals surface area contributed by atoms with Gasteiger partial charge in [0.25, 0.3) is 0 Å². The van der Waals surface area contributed by atoms with E-state index in [4.69, 9.17) is 22.1 Å². The number of halogens is 2. The van der Waals surface area contributed by atoms with Crippen molar-refractivity contribution in [3.63, 3.8) is 0 Å². The van der Waals surface area contributed by atoms with Crippen LogP contribution in [0.4, 0.5) is 0 Å². The van der Waals surface area contributed by atoms with Gasteiger partial charge in [-0.3, -0.25) is 0 Å². The molecule has 0 saturated carbocycles. The van der Waals surface area contributed by atoms with Gasteiger partial charge in [0.15, 0.2) is 0 Å². The number of hydrogen-bond donors (Lipinski definition) is 1. The molecule has 0 bridgehead atoms. The maximum absolute atomic E-state index is 6.23. The Bertz CT molecular complexity index is 572. The van der Waals surface area contributed by atoms with Gasteiger partial charge in [-0.25, -0.2) is 0 Å². The monoisotopic (exact) mass is 339 g/mol. The molecule has 4 heteroatoms. The molecule has 19 heavy (non-hydrogen) atoms. The van der Waals surface area contributed by atoms with Crippen molar-refractivity contribution in [3.8, 4) is 11.5 Å². The van der Waals surface area contributed by atoms with Gasteiger partial charge in [-0.05, 0) is 49.2 Å². The second kappa shape index (κ2) is 6.42. The van der Waals surface area contributed by atoms with Crippen molar-refractivity contribution >= 4 is 27.5 Å². The van der Waals surface area contributed by atoms with Crippen LogP contribution in [0.15, 0.2) is 46.9 Å². The molecule has 0 aromatic heterocycles. The molecule has 0 radical (unpaired) electrons. The van der Waals surface area contributed by atoms with E-state index in [-0.39, 0.29) is 6.04 Å². The van der Waals surface area contributed by atoms with E-state index in [1.807, 2.05) is 49.4 Å². The van der Waals surface area contributed by atoms with Crippen molar-refractivity contribution in [3.05, 3.63) is 57.5 Å². The van der Waals surface area contributed by atoms with Crippen LogP contribution in [0.2, 0.25) is 5.02 Å². The molecule has 0 fully saturated rings. The molecule has 2 N–H and O–H groups in total. The Hall–Kier alpha value is -1.03. The first kappa shape index (κ1) is 14.4. The van der Waals surface area contributed by atoms with Crippen LogP contribution in [0.25, 0.3) is 0 Å². The third-order valence-electron chi connectivity index (χ3n) is 2.60. The van der Waals surface area contributed by atoms with Crippen molar-refractivity contribution in [2.45, 2.75) is 19.4 Å². The number of benzene rings is 2. The lowest BCUT2D eigenvalue weighted by Crippen LogP contribution is -2.17. The van der Waals surface area contributed by atoms with Crippen molar-refractivity contribution in [2.75, 3.05) is 0 Å². The quantitative estimate of drug-likeness (QED) is 0.869. The number of ether oxygens (including phenoxy) is 1. The second-order valence-electron chi connectivity index (χ2n) is 4.49. The smallest absolute Gasteiger partial charge is 0.128 e. The first-order valence-corrected chi connectivity index (χ1v) is 7.19. The predicted octanol–water partition coefficient (Wildman–Crippen LogP) is 4.78. The predicted molar refractivity (Wildman–Crippen MR) is 83.0 cm³/mol. The molecule has 2 rings (SSSR count). The molecule has 0 aliphatic carbocycles. The Morgan fingerprint density at radius 1 is 1.21 bits per heavy atom. The minimum atomic E-state index is 0.0920. The fraction of sp³-hybridized carbons (Fsp3) is 0.200. The minimum Gasteiger partial charge on any atom is -0.457 e. The zero-order chi connectivity index (χ0) is 13.8. The van der Waals surface area contributed by atoms with Crippen LogP contribution >= 0.6 is 27.5 Å². The highest BCUT2D eigenvalue weighted by Crippen LogP contribution is 2.28. The Morgan fingerprint density at radius 2 is 1.95 bits per heavy atom. The van der Waals surface area contributed by atoms with E-state index in [9.17, 15) is 0 Å². The molecular formula is C15H15BrClNO. The van der Waals surface area contributed by atoms with Crippen molar-refractivity contribution in [2.24, 2.45) is 5.73 Å². The van der Waals surface area contributed by atoms with Crippen molar-refractivity contribution in [1.29, 1.82) is 0 Å². The van der Waals surface area contributed by atoms with Crippen LogP contribution in [-0.4, -0.2) is 6.04 Å². The maximum Gasteiger partial charge on any atom is 0.128 e. The van der Waals surface area contributed by atoms with Gasteiger partial charge in [0, 0.05) is 15.5 Å². The Morgan fingerprint density at radius 3 is 2.58 bits per heavy atom. The van der Waals surface area contributed by atoms with Crippen LogP contribution in [0.3, 0.4) is 0 Å². The summed E-state index contributed by atoms with van der Waals surface area (Å²) in [6, 6.07) is 13.5. The van der Waals surface area contributed by atoms with Gasteiger partial charge < -0.3 is 10.5 Å². The van der Waals surface area contributed by atoms with E-state index in [1.165, 1.54) is 0 Å². The third-order valence-corrected chi connectivity index (χ3v) is 3.44. The van der Waals surface area contributed by atoms with Gasteiger partial charge in [-0.2, -0.15) is 0 Å². The lowest BCUT2D eigenvalue weighted by molar-refractivity contribution is 0.482. The fourth-order valence-electron chi connectivity index (χ4n) is 1.77. The average Bonchev–Trinajstić information content (AvgIpc) is 2.32. The standard InChI is InChI=1S/C15H15BrClNO/c1-10(18)7-11-5-6-14(9-15(11)17)19-13-4-2-3-12(16)8-13/h2-6,8-10H,7,18H2,1H3. The molecule has 1 atom stereocenters. The van der Waals surface area contributed by atoms with Gasteiger partial charge >= 0.3 is 0 Å². The summed E-state index contributed by atoms with van der Waals surface area (Å²) in [6.07, 6.45) is 0.760. The van der Waals surface area contributed by atoms with E-state index < -0.39 is 0 Å². The molecule has 0 spiro atoms. The van der Waals surface area contributed by atoms with Gasteiger partial charge in [0.05, 0.1) is 0 Å². The highest BCUT2D eigenvalue weighted by Gasteiger charge is 2.06. The summed E-state index contributed by atoms with van der Waals surface area (Å²) >= 11 is 9.63. The lowest BCUT2D eigenvalue weighted by Gasteiger charge is -2.10. The van der Waals surface area contributed by atoms with Gasteiger partial charge in [0.1, 0.15) is 11.5 Å². The van der Waals surface area contributed by atoms with E-state index >= 15 is 0 Å². The summed E-state index contributed by atoms with van der Waals surface area (Å²) in [5, 5.41) is 0.685. The second-order valence-corrected chi connectivity index (χ2v) is 5.82. The van der Waals surface area contributed by atoms with Crippen LogP contribution in [0.1, 0.15) is 12.5 Å². The molecule has 2 aromatic rings. The Labute approximate surface area is 126 Å². The van der Waals surface area contributed by atoms with Gasteiger partial charge in [-0.15, -0.1) is 0 Å². The minimum absolute atomic E-state index is 0.0920. The zero-order valence-corrected chi connectivity index (χ0v) is 12.9. The maximum atomic E-state index is 6.23. The molecule has 2 nitrogen and oxygen atoms in total. The summed E-state index contributed by atoms with van der Waals surface area (Å²) in [5.41, 5.74) is 6.82. The SMILES string of the molecule is CC(N)Cc1ccc(Oc2cccc(Br)c2)cc1Cl. The summed E-state index contributed by atoms with van der Waals surface area (Å²) in [6.45, 7) is 1.96. The normalized spacial score (nSPS) is 12.2. The average molecular weight is 341 g/mol. The van der Waals surface area contributed by atoms with Crippen LogP contribution < -0.4 is 10.5 Å². The lowest BCUT2D eigenvalue weighted by atomic mass is 10.1.